The third-order valence-electron chi connectivity index (χ3n) is 5.81. The van der Waals surface area contributed by atoms with E-state index in [0.29, 0.717) is 5.75 Å². The summed E-state index contributed by atoms with van der Waals surface area (Å²) >= 11 is 0. The lowest BCUT2D eigenvalue weighted by molar-refractivity contribution is -0.162. The molecule has 0 N–H and O–H groups in total. The zero-order valence-corrected chi connectivity index (χ0v) is 20.7. The molecule has 0 aliphatic heterocycles. The van der Waals surface area contributed by atoms with Crippen molar-refractivity contribution in [2.45, 2.75) is 76.0 Å². The van der Waals surface area contributed by atoms with Gasteiger partial charge in [-0.2, -0.15) is 4.31 Å². The molecule has 7 nitrogen and oxygen atoms in total. The predicted octanol–water partition coefficient (Wildman–Crippen LogP) is 4.57. The van der Waals surface area contributed by atoms with Crippen LogP contribution >= 0.6 is 0 Å². The summed E-state index contributed by atoms with van der Waals surface area (Å²) < 4.78 is 40.2. The molecule has 1 aliphatic carbocycles. The quantitative estimate of drug-likeness (QED) is 0.521. The van der Waals surface area contributed by atoms with E-state index in [1.54, 1.807) is 57.4 Å². The van der Waals surface area contributed by atoms with E-state index in [1.807, 2.05) is 0 Å². The van der Waals surface area contributed by atoms with Crippen LogP contribution in [0.25, 0.3) is 0 Å². The van der Waals surface area contributed by atoms with Crippen LogP contribution in [-0.4, -0.2) is 42.4 Å². The summed E-state index contributed by atoms with van der Waals surface area (Å²) in [4.78, 5) is 17.7. The zero-order chi connectivity index (χ0) is 24.1. The standard InChI is InChI=1S/C25H34N2O5S/c1-25(2,3)32-24(28)23(20-8-6-5-7-9-20)27(18-19-14-16-26-17-15-19)33(29,30)22-12-10-21(31-4)11-13-22/h10-17,20,23H,5-9,18H2,1-4H3/t23-/m1/s1. The largest absolute Gasteiger partial charge is 0.497 e. The maximum absolute atomic E-state index is 14.0. The summed E-state index contributed by atoms with van der Waals surface area (Å²) in [7, 11) is -2.49. The van der Waals surface area contributed by atoms with E-state index in [9.17, 15) is 13.2 Å². The SMILES string of the molecule is COc1ccc(S(=O)(=O)N(Cc2ccncc2)[C@@H](C(=O)OC(C)(C)C)C2CCCCC2)cc1. The van der Waals surface area contributed by atoms with Gasteiger partial charge in [0, 0.05) is 18.9 Å². The van der Waals surface area contributed by atoms with Crippen LogP contribution in [0.3, 0.4) is 0 Å². The third-order valence-corrected chi connectivity index (χ3v) is 7.65. The summed E-state index contributed by atoms with van der Waals surface area (Å²) in [5.74, 6) is -0.0467. The number of pyridine rings is 1. The van der Waals surface area contributed by atoms with Crippen LogP contribution in [-0.2, 0) is 26.1 Å². The Labute approximate surface area is 197 Å². The van der Waals surface area contributed by atoms with Crippen molar-refractivity contribution >= 4 is 16.0 Å². The van der Waals surface area contributed by atoms with Gasteiger partial charge in [0.1, 0.15) is 17.4 Å². The van der Waals surface area contributed by atoms with E-state index >= 15 is 0 Å². The number of hydrogen-bond donors (Lipinski definition) is 0. The van der Waals surface area contributed by atoms with E-state index in [4.69, 9.17) is 9.47 Å². The summed E-state index contributed by atoms with van der Waals surface area (Å²) in [5.41, 5.74) is 0.0300. The Balaban J connectivity index is 2.09. The fraction of sp³-hybridized carbons (Fsp3) is 0.520. The lowest BCUT2D eigenvalue weighted by Crippen LogP contribution is -2.51. The Bertz CT molecular complexity index is 1010. The highest BCUT2D eigenvalue weighted by atomic mass is 32.2. The first-order valence-electron chi connectivity index (χ1n) is 11.4. The number of sulfonamides is 1. The molecule has 0 amide bonds. The zero-order valence-electron chi connectivity index (χ0n) is 19.9. The molecule has 1 saturated carbocycles. The molecule has 0 bridgehead atoms. The fourth-order valence-electron chi connectivity index (χ4n) is 4.24. The molecule has 1 aromatic heterocycles. The van der Waals surface area contributed by atoms with Gasteiger partial charge in [-0.1, -0.05) is 19.3 Å². The molecule has 0 unspecified atom stereocenters. The van der Waals surface area contributed by atoms with Crippen molar-refractivity contribution in [1.29, 1.82) is 0 Å². The highest BCUT2D eigenvalue weighted by Crippen LogP contribution is 2.34. The molecule has 1 fully saturated rings. The van der Waals surface area contributed by atoms with Crippen molar-refractivity contribution in [2.75, 3.05) is 7.11 Å². The summed E-state index contributed by atoms with van der Waals surface area (Å²) in [6.07, 6.45) is 7.84. The van der Waals surface area contributed by atoms with Crippen molar-refractivity contribution < 1.29 is 22.7 Å². The van der Waals surface area contributed by atoms with Crippen LogP contribution in [0.4, 0.5) is 0 Å². The minimum Gasteiger partial charge on any atom is -0.497 e. The summed E-state index contributed by atoms with van der Waals surface area (Å²) in [5, 5.41) is 0. The Morgan fingerprint density at radius 1 is 1.06 bits per heavy atom. The number of aromatic nitrogens is 1. The highest BCUT2D eigenvalue weighted by molar-refractivity contribution is 7.89. The number of ether oxygens (including phenoxy) is 2. The van der Waals surface area contributed by atoms with Gasteiger partial charge in [0.15, 0.2) is 0 Å². The van der Waals surface area contributed by atoms with E-state index in [2.05, 4.69) is 4.98 Å². The third kappa shape index (κ3) is 6.54. The number of carbonyl (C=O) groups is 1. The molecule has 2 aromatic rings. The normalized spacial score (nSPS) is 16.4. The Kier molecular flexibility index (Phi) is 8.13. The number of methoxy groups -OCH3 is 1. The molecule has 3 rings (SSSR count). The van der Waals surface area contributed by atoms with Gasteiger partial charge in [-0.15, -0.1) is 0 Å². The van der Waals surface area contributed by atoms with Gasteiger partial charge in [0.05, 0.1) is 12.0 Å². The van der Waals surface area contributed by atoms with Gasteiger partial charge in [0.2, 0.25) is 10.0 Å². The summed E-state index contributed by atoms with van der Waals surface area (Å²) in [6.45, 7) is 5.45. The molecule has 1 atom stereocenters. The average Bonchev–Trinajstić information content (AvgIpc) is 2.79. The van der Waals surface area contributed by atoms with E-state index in [1.165, 1.54) is 23.5 Å². The second-order valence-electron chi connectivity index (χ2n) is 9.46. The highest BCUT2D eigenvalue weighted by Gasteiger charge is 2.43. The molecular formula is C25H34N2O5S. The number of benzene rings is 1. The van der Waals surface area contributed by atoms with Crippen LogP contribution in [0.1, 0.15) is 58.4 Å². The lowest BCUT2D eigenvalue weighted by atomic mass is 9.83. The Morgan fingerprint density at radius 3 is 2.21 bits per heavy atom. The van der Waals surface area contributed by atoms with E-state index < -0.39 is 27.6 Å². The van der Waals surface area contributed by atoms with Gasteiger partial charge in [-0.05, 0) is 81.5 Å². The van der Waals surface area contributed by atoms with Crippen molar-refractivity contribution in [2.24, 2.45) is 5.92 Å². The maximum Gasteiger partial charge on any atom is 0.325 e. The molecule has 8 heteroatoms. The first-order valence-corrected chi connectivity index (χ1v) is 12.8. The second-order valence-corrected chi connectivity index (χ2v) is 11.3. The monoisotopic (exact) mass is 474 g/mol. The van der Waals surface area contributed by atoms with Crippen molar-refractivity contribution in [3.8, 4) is 5.75 Å². The Morgan fingerprint density at radius 2 is 1.67 bits per heavy atom. The van der Waals surface area contributed by atoms with Gasteiger partial charge in [0.25, 0.3) is 0 Å². The number of esters is 1. The first kappa shape index (κ1) is 25.2. The molecule has 1 aliphatic rings. The molecule has 1 heterocycles. The van der Waals surface area contributed by atoms with Crippen molar-refractivity contribution in [3.05, 3.63) is 54.4 Å². The van der Waals surface area contributed by atoms with Crippen LogP contribution < -0.4 is 4.74 Å². The predicted molar refractivity (Wildman–Crippen MR) is 126 cm³/mol. The molecule has 0 spiro atoms. The number of carbonyl (C=O) groups excluding carboxylic acids is 1. The smallest absolute Gasteiger partial charge is 0.325 e. The van der Waals surface area contributed by atoms with Crippen LogP contribution in [0, 0.1) is 5.92 Å². The topological polar surface area (TPSA) is 85.8 Å². The molecule has 33 heavy (non-hydrogen) atoms. The molecule has 0 saturated heterocycles. The Hall–Kier alpha value is -2.45. The van der Waals surface area contributed by atoms with E-state index in [0.717, 1.165) is 37.7 Å². The maximum atomic E-state index is 14.0. The molecule has 0 radical (unpaired) electrons. The number of rotatable bonds is 8. The molecule has 1 aromatic carbocycles. The van der Waals surface area contributed by atoms with Gasteiger partial charge < -0.3 is 9.47 Å². The molecule has 180 valence electrons. The summed E-state index contributed by atoms with van der Waals surface area (Å²) in [6, 6.07) is 8.88. The average molecular weight is 475 g/mol. The van der Waals surface area contributed by atoms with Crippen LogP contribution in [0.15, 0.2) is 53.7 Å². The van der Waals surface area contributed by atoms with Crippen molar-refractivity contribution in [1.82, 2.24) is 9.29 Å². The van der Waals surface area contributed by atoms with Crippen LogP contribution in [0.5, 0.6) is 5.75 Å². The second kappa shape index (κ2) is 10.7. The number of nitrogens with zero attached hydrogens (tertiary/aromatic N) is 2. The van der Waals surface area contributed by atoms with Gasteiger partial charge >= 0.3 is 5.97 Å². The van der Waals surface area contributed by atoms with E-state index in [-0.39, 0.29) is 17.4 Å². The minimum atomic E-state index is -4.02. The lowest BCUT2D eigenvalue weighted by Gasteiger charge is -2.37. The van der Waals surface area contributed by atoms with Gasteiger partial charge in [-0.3, -0.25) is 9.78 Å². The van der Waals surface area contributed by atoms with Gasteiger partial charge in [-0.25, -0.2) is 8.42 Å². The number of hydrogen-bond acceptors (Lipinski definition) is 6. The molecular weight excluding hydrogens is 440 g/mol. The minimum absolute atomic E-state index is 0.0529. The fourth-order valence-corrected chi connectivity index (χ4v) is 5.87. The van der Waals surface area contributed by atoms with Crippen LogP contribution in [0.2, 0.25) is 0 Å². The van der Waals surface area contributed by atoms with Crippen molar-refractivity contribution in [3.63, 3.8) is 0 Å². The first-order chi connectivity index (χ1) is 15.6.